The Kier molecular flexibility index (Phi) is 6.71. The fourth-order valence-corrected chi connectivity index (χ4v) is 3.53. The Morgan fingerprint density at radius 3 is 2.55 bits per heavy atom. The Hall–Kier alpha value is -2.64. The second kappa shape index (κ2) is 9.24. The molecule has 1 saturated heterocycles. The lowest BCUT2D eigenvalue weighted by Gasteiger charge is -2.32. The van der Waals surface area contributed by atoms with Crippen LogP contribution in [-0.2, 0) is 9.53 Å². The van der Waals surface area contributed by atoms with Crippen molar-refractivity contribution in [3.63, 3.8) is 0 Å². The highest BCUT2D eigenvalue weighted by molar-refractivity contribution is 5.79. The van der Waals surface area contributed by atoms with Crippen molar-refractivity contribution >= 4 is 17.6 Å². The SMILES string of the molecule is CC(C)COC(=O)N1CCC(C(=O)NC(c2nnc3ccccn23)C(C)C)CC1. The molecule has 2 aromatic rings. The van der Waals surface area contributed by atoms with Gasteiger partial charge in [0.25, 0.3) is 0 Å². The van der Waals surface area contributed by atoms with E-state index < -0.39 is 0 Å². The number of carbonyl (C=O) groups excluding carboxylic acids is 2. The Morgan fingerprint density at radius 1 is 1.17 bits per heavy atom. The van der Waals surface area contributed by atoms with Crippen LogP contribution in [0.4, 0.5) is 4.79 Å². The lowest BCUT2D eigenvalue weighted by atomic mass is 9.94. The van der Waals surface area contributed by atoms with Crippen molar-refractivity contribution in [3.05, 3.63) is 30.2 Å². The summed E-state index contributed by atoms with van der Waals surface area (Å²) in [6.07, 6.45) is 2.89. The molecule has 2 amide bonds. The zero-order chi connectivity index (χ0) is 21.0. The van der Waals surface area contributed by atoms with E-state index in [1.54, 1.807) is 4.90 Å². The second-order valence-electron chi connectivity index (χ2n) is 8.45. The van der Waals surface area contributed by atoms with Gasteiger partial charge in [0.05, 0.1) is 12.6 Å². The van der Waals surface area contributed by atoms with Gasteiger partial charge in [0, 0.05) is 25.2 Å². The molecule has 0 aliphatic carbocycles. The number of nitrogens with zero attached hydrogens (tertiary/aromatic N) is 4. The Balaban J connectivity index is 1.60. The second-order valence-corrected chi connectivity index (χ2v) is 8.45. The van der Waals surface area contributed by atoms with E-state index in [4.69, 9.17) is 4.74 Å². The number of aromatic nitrogens is 3. The van der Waals surface area contributed by atoms with Gasteiger partial charge < -0.3 is 15.0 Å². The molecule has 0 saturated carbocycles. The van der Waals surface area contributed by atoms with Crippen LogP contribution in [0.3, 0.4) is 0 Å². The number of hydrogen-bond acceptors (Lipinski definition) is 5. The Morgan fingerprint density at radius 2 is 1.90 bits per heavy atom. The molecule has 29 heavy (non-hydrogen) atoms. The van der Waals surface area contributed by atoms with E-state index in [0.29, 0.717) is 38.5 Å². The van der Waals surface area contributed by atoms with Gasteiger partial charge in [-0.05, 0) is 36.8 Å². The van der Waals surface area contributed by atoms with Gasteiger partial charge in [-0.3, -0.25) is 9.20 Å². The van der Waals surface area contributed by atoms with E-state index in [9.17, 15) is 9.59 Å². The van der Waals surface area contributed by atoms with Gasteiger partial charge in [-0.15, -0.1) is 10.2 Å². The zero-order valence-corrected chi connectivity index (χ0v) is 17.7. The number of ether oxygens (including phenoxy) is 1. The van der Waals surface area contributed by atoms with Gasteiger partial charge in [0.15, 0.2) is 11.5 Å². The molecule has 3 rings (SSSR count). The van der Waals surface area contributed by atoms with Crippen LogP contribution in [0.2, 0.25) is 0 Å². The number of pyridine rings is 1. The fraction of sp³-hybridized carbons (Fsp3) is 0.619. The monoisotopic (exact) mass is 401 g/mol. The standard InChI is InChI=1S/C21H31N5O3/c1-14(2)13-29-21(28)25-11-8-16(9-12-25)20(27)22-18(15(3)4)19-24-23-17-7-5-6-10-26(17)19/h5-7,10,14-16,18H,8-9,11-13H2,1-4H3,(H,22,27). The van der Waals surface area contributed by atoms with Crippen molar-refractivity contribution in [1.29, 1.82) is 0 Å². The average molecular weight is 402 g/mol. The van der Waals surface area contributed by atoms with Crippen LogP contribution in [-0.4, -0.2) is 51.2 Å². The summed E-state index contributed by atoms with van der Waals surface area (Å²) in [4.78, 5) is 26.7. The Bertz CT molecular complexity index is 840. The highest BCUT2D eigenvalue weighted by Crippen LogP contribution is 2.24. The third-order valence-corrected chi connectivity index (χ3v) is 5.25. The van der Waals surface area contributed by atoms with Crippen molar-refractivity contribution in [2.24, 2.45) is 17.8 Å². The van der Waals surface area contributed by atoms with Crippen LogP contribution in [0, 0.1) is 17.8 Å². The van der Waals surface area contributed by atoms with E-state index in [2.05, 4.69) is 29.4 Å². The van der Waals surface area contributed by atoms with Gasteiger partial charge in [-0.25, -0.2) is 4.79 Å². The summed E-state index contributed by atoms with van der Waals surface area (Å²) in [5.41, 5.74) is 0.760. The molecule has 1 aliphatic rings. The lowest BCUT2D eigenvalue weighted by molar-refractivity contribution is -0.127. The molecule has 8 heteroatoms. The third-order valence-electron chi connectivity index (χ3n) is 5.25. The smallest absolute Gasteiger partial charge is 0.409 e. The van der Waals surface area contributed by atoms with Gasteiger partial charge in [-0.1, -0.05) is 33.8 Å². The molecule has 8 nitrogen and oxygen atoms in total. The normalized spacial score (nSPS) is 16.4. The van der Waals surface area contributed by atoms with E-state index in [-0.39, 0.29) is 29.9 Å². The number of carbonyl (C=O) groups is 2. The maximum Gasteiger partial charge on any atom is 0.409 e. The van der Waals surface area contributed by atoms with Crippen molar-refractivity contribution in [2.45, 2.75) is 46.6 Å². The fourth-order valence-electron chi connectivity index (χ4n) is 3.53. The molecule has 1 aliphatic heterocycles. The van der Waals surface area contributed by atoms with Crippen LogP contribution in [0.25, 0.3) is 5.65 Å². The molecule has 0 spiro atoms. The molecule has 1 fully saturated rings. The molecule has 1 unspecified atom stereocenters. The number of piperidine rings is 1. The molecule has 0 radical (unpaired) electrons. The van der Waals surface area contributed by atoms with E-state index >= 15 is 0 Å². The highest BCUT2D eigenvalue weighted by atomic mass is 16.6. The first-order valence-corrected chi connectivity index (χ1v) is 10.4. The largest absolute Gasteiger partial charge is 0.449 e. The van der Waals surface area contributed by atoms with E-state index in [0.717, 1.165) is 11.5 Å². The van der Waals surface area contributed by atoms with Gasteiger partial charge in [0.2, 0.25) is 5.91 Å². The zero-order valence-electron chi connectivity index (χ0n) is 17.7. The average Bonchev–Trinajstić information content (AvgIpc) is 3.13. The first-order chi connectivity index (χ1) is 13.9. The van der Waals surface area contributed by atoms with Crippen LogP contribution >= 0.6 is 0 Å². The van der Waals surface area contributed by atoms with Crippen molar-refractivity contribution < 1.29 is 14.3 Å². The molecule has 2 aromatic heterocycles. The molecular formula is C21H31N5O3. The molecule has 1 N–H and O–H groups in total. The molecule has 1 atom stereocenters. The van der Waals surface area contributed by atoms with Crippen molar-refractivity contribution in [1.82, 2.24) is 24.8 Å². The quantitative estimate of drug-likeness (QED) is 0.804. The van der Waals surface area contributed by atoms with Crippen LogP contribution in [0.15, 0.2) is 24.4 Å². The summed E-state index contributed by atoms with van der Waals surface area (Å²) in [5, 5.41) is 11.7. The summed E-state index contributed by atoms with van der Waals surface area (Å²) in [5.74, 6) is 1.09. The summed E-state index contributed by atoms with van der Waals surface area (Å²) in [7, 11) is 0. The summed E-state index contributed by atoms with van der Waals surface area (Å²) in [6.45, 7) is 9.62. The number of amides is 2. The number of rotatable bonds is 6. The van der Waals surface area contributed by atoms with Crippen molar-refractivity contribution in [3.8, 4) is 0 Å². The minimum absolute atomic E-state index is 0.00609. The first-order valence-electron chi connectivity index (χ1n) is 10.4. The van der Waals surface area contributed by atoms with Crippen LogP contribution < -0.4 is 5.32 Å². The predicted molar refractivity (Wildman–Crippen MR) is 109 cm³/mol. The topological polar surface area (TPSA) is 88.8 Å². The highest BCUT2D eigenvalue weighted by Gasteiger charge is 2.31. The van der Waals surface area contributed by atoms with Crippen molar-refractivity contribution in [2.75, 3.05) is 19.7 Å². The molecular weight excluding hydrogens is 370 g/mol. The molecule has 158 valence electrons. The summed E-state index contributed by atoms with van der Waals surface area (Å²) in [6, 6.07) is 5.50. The predicted octanol–water partition coefficient (Wildman–Crippen LogP) is 3.05. The summed E-state index contributed by atoms with van der Waals surface area (Å²) < 4.78 is 7.21. The minimum atomic E-state index is -0.285. The summed E-state index contributed by atoms with van der Waals surface area (Å²) >= 11 is 0. The van der Waals surface area contributed by atoms with Gasteiger partial charge in [-0.2, -0.15) is 0 Å². The van der Waals surface area contributed by atoms with Gasteiger partial charge >= 0.3 is 6.09 Å². The minimum Gasteiger partial charge on any atom is -0.449 e. The number of hydrogen-bond donors (Lipinski definition) is 1. The van der Waals surface area contributed by atoms with Gasteiger partial charge in [0.1, 0.15) is 0 Å². The maximum atomic E-state index is 12.9. The third kappa shape index (κ3) is 5.05. The molecule has 3 heterocycles. The number of likely N-dealkylation sites (tertiary alicyclic amines) is 1. The maximum absolute atomic E-state index is 12.9. The number of nitrogens with one attached hydrogen (secondary N) is 1. The molecule has 0 aromatic carbocycles. The van der Waals surface area contributed by atoms with Crippen LogP contribution in [0.1, 0.15) is 52.4 Å². The number of fused-ring (bicyclic) bond motifs is 1. The molecule has 0 bridgehead atoms. The van der Waals surface area contributed by atoms with E-state index in [1.165, 1.54) is 0 Å². The van der Waals surface area contributed by atoms with Crippen LogP contribution in [0.5, 0.6) is 0 Å². The lowest BCUT2D eigenvalue weighted by Crippen LogP contribution is -2.44. The van der Waals surface area contributed by atoms with E-state index in [1.807, 2.05) is 42.6 Å². The Labute approximate surface area is 171 Å². The first kappa shape index (κ1) is 21.1.